The van der Waals surface area contributed by atoms with Crippen molar-refractivity contribution in [3.8, 4) is 0 Å². The predicted molar refractivity (Wildman–Crippen MR) is 68.7 cm³/mol. The second-order valence-electron chi connectivity index (χ2n) is 5.78. The Balaban J connectivity index is 2.05. The van der Waals surface area contributed by atoms with E-state index < -0.39 is 0 Å². The second kappa shape index (κ2) is 3.91. The highest BCUT2D eigenvalue weighted by Crippen LogP contribution is 2.62. The standard InChI is InChI=1S/C12H19N5O/c1-11(2)10(12(11,3)4)16-9(18)7-5-15-8(17-13)6-14-7/h5-6,10H,13H2,1-4H3,(H,15,17)(H,16,18). The van der Waals surface area contributed by atoms with E-state index in [-0.39, 0.29) is 22.8 Å². The van der Waals surface area contributed by atoms with Crippen molar-refractivity contribution < 1.29 is 4.79 Å². The van der Waals surface area contributed by atoms with E-state index in [2.05, 4.69) is 48.4 Å². The van der Waals surface area contributed by atoms with Crippen molar-refractivity contribution in [2.24, 2.45) is 16.7 Å². The van der Waals surface area contributed by atoms with Crippen molar-refractivity contribution in [2.75, 3.05) is 5.43 Å². The van der Waals surface area contributed by atoms with Crippen LogP contribution < -0.4 is 16.6 Å². The van der Waals surface area contributed by atoms with Crippen LogP contribution >= 0.6 is 0 Å². The smallest absolute Gasteiger partial charge is 0.271 e. The number of nitrogens with zero attached hydrogens (tertiary/aromatic N) is 2. The summed E-state index contributed by atoms with van der Waals surface area (Å²) in [6.07, 6.45) is 2.84. The van der Waals surface area contributed by atoms with Gasteiger partial charge in [-0.15, -0.1) is 0 Å². The summed E-state index contributed by atoms with van der Waals surface area (Å²) in [5, 5.41) is 3.00. The minimum absolute atomic E-state index is 0.106. The Labute approximate surface area is 106 Å². The Bertz CT molecular complexity index is 452. The number of nitrogen functional groups attached to an aromatic ring is 1. The van der Waals surface area contributed by atoms with Gasteiger partial charge in [-0.3, -0.25) is 4.79 Å². The Hall–Kier alpha value is -1.69. The number of nitrogens with two attached hydrogens (primary N) is 1. The quantitative estimate of drug-likeness (QED) is 0.547. The zero-order chi connectivity index (χ0) is 13.6. The zero-order valence-electron chi connectivity index (χ0n) is 11.1. The summed E-state index contributed by atoms with van der Waals surface area (Å²) in [4.78, 5) is 20.0. The highest BCUT2D eigenvalue weighted by molar-refractivity contribution is 5.92. The van der Waals surface area contributed by atoms with Crippen LogP contribution in [-0.2, 0) is 0 Å². The summed E-state index contributed by atoms with van der Waals surface area (Å²) in [7, 11) is 0. The molecule has 1 fully saturated rings. The summed E-state index contributed by atoms with van der Waals surface area (Å²) < 4.78 is 0. The van der Waals surface area contributed by atoms with Crippen LogP contribution in [0.2, 0.25) is 0 Å². The first-order valence-electron chi connectivity index (χ1n) is 5.90. The largest absolute Gasteiger partial charge is 0.347 e. The minimum Gasteiger partial charge on any atom is -0.347 e. The molecule has 1 amide bonds. The van der Waals surface area contributed by atoms with Crippen LogP contribution in [0.5, 0.6) is 0 Å². The molecule has 0 bridgehead atoms. The number of carbonyl (C=O) groups is 1. The van der Waals surface area contributed by atoms with E-state index in [1.165, 1.54) is 12.4 Å². The lowest BCUT2D eigenvalue weighted by Crippen LogP contribution is -2.30. The lowest BCUT2D eigenvalue weighted by Gasteiger charge is -2.06. The van der Waals surface area contributed by atoms with E-state index in [1.807, 2.05) is 0 Å². The fraction of sp³-hybridized carbons (Fsp3) is 0.583. The summed E-state index contributed by atoms with van der Waals surface area (Å²) in [5.74, 6) is 5.41. The van der Waals surface area contributed by atoms with E-state index in [0.717, 1.165) is 0 Å². The van der Waals surface area contributed by atoms with Crippen LogP contribution in [0.25, 0.3) is 0 Å². The molecule has 1 aromatic heterocycles. The third-order valence-electron chi connectivity index (χ3n) is 4.33. The first-order chi connectivity index (χ1) is 8.30. The fourth-order valence-corrected chi connectivity index (χ4v) is 2.28. The summed E-state index contributed by atoms with van der Waals surface area (Å²) >= 11 is 0. The lowest BCUT2D eigenvalue weighted by atomic mass is 10.0. The van der Waals surface area contributed by atoms with Crippen molar-refractivity contribution in [3.63, 3.8) is 0 Å². The Morgan fingerprint density at radius 3 is 2.22 bits per heavy atom. The van der Waals surface area contributed by atoms with Crippen LogP contribution in [0, 0.1) is 10.8 Å². The average molecular weight is 249 g/mol. The van der Waals surface area contributed by atoms with Crippen LogP contribution in [0.15, 0.2) is 12.4 Å². The molecular weight excluding hydrogens is 230 g/mol. The molecule has 4 N–H and O–H groups in total. The summed E-state index contributed by atoms with van der Waals surface area (Å²) in [5.41, 5.74) is 2.88. The first kappa shape index (κ1) is 12.8. The van der Waals surface area contributed by atoms with Crippen molar-refractivity contribution in [2.45, 2.75) is 33.7 Å². The molecule has 1 aromatic rings. The number of hydrogen-bond donors (Lipinski definition) is 3. The number of amides is 1. The van der Waals surface area contributed by atoms with E-state index in [0.29, 0.717) is 11.5 Å². The average Bonchev–Trinajstić information content (AvgIpc) is 2.72. The van der Waals surface area contributed by atoms with Crippen LogP contribution in [0.4, 0.5) is 5.82 Å². The van der Waals surface area contributed by atoms with Gasteiger partial charge in [-0.25, -0.2) is 15.8 Å². The maximum Gasteiger partial charge on any atom is 0.271 e. The molecule has 1 aliphatic rings. The van der Waals surface area contributed by atoms with Gasteiger partial charge in [-0.1, -0.05) is 27.7 Å². The molecule has 1 aliphatic carbocycles. The van der Waals surface area contributed by atoms with Gasteiger partial charge >= 0.3 is 0 Å². The highest BCUT2D eigenvalue weighted by Gasteiger charge is 2.65. The molecule has 6 heteroatoms. The fourth-order valence-electron chi connectivity index (χ4n) is 2.28. The van der Waals surface area contributed by atoms with Gasteiger partial charge in [-0.05, 0) is 10.8 Å². The van der Waals surface area contributed by atoms with Crippen molar-refractivity contribution >= 4 is 11.7 Å². The van der Waals surface area contributed by atoms with Gasteiger partial charge in [0, 0.05) is 6.04 Å². The molecule has 0 aliphatic heterocycles. The maximum atomic E-state index is 12.0. The SMILES string of the molecule is CC1(C)C(NC(=O)c2cnc(NN)cn2)C1(C)C. The first-order valence-corrected chi connectivity index (χ1v) is 5.90. The normalized spacial score (nSPS) is 20.3. The van der Waals surface area contributed by atoms with E-state index >= 15 is 0 Å². The molecule has 98 valence electrons. The molecule has 6 nitrogen and oxygen atoms in total. The molecule has 0 unspecified atom stereocenters. The lowest BCUT2D eigenvalue weighted by molar-refractivity contribution is 0.0938. The zero-order valence-corrected chi connectivity index (χ0v) is 11.1. The van der Waals surface area contributed by atoms with Crippen LogP contribution in [-0.4, -0.2) is 21.9 Å². The highest BCUT2D eigenvalue weighted by atomic mass is 16.2. The Morgan fingerprint density at radius 1 is 1.22 bits per heavy atom. The molecule has 0 spiro atoms. The summed E-state index contributed by atoms with van der Waals surface area (Å²) in [6, 6.07) is 0.159. The molecule has 0 saturated heterocycles. The third-order valence-corrected chi connectivity index (χ3v) is 4.33. The monoisotopic (exact) mass is 249 g/mol. The predicted octanol–water partition coefficient (Wildman–Crippen LogP) is 0.927. The number of rotatable bonds is 3. The molecule has 1 saturated carbocycles. The Kier molecular flexibility index (Phi) is 2.77. The van der Waals surface area contributed by atoms with Gasteiger partial charge in [-0.2, -0.15) is 0 Å². The van der Waals surface area contributed by atoms with E-state index in [4.69, 9.17) is 5.84 Å². The van der Waals surface area contributed by atoms with Crippen molar-refractivity contribution in [1.29, 1.82) is 0 Å². The van der Waals surface area contributed by atoms with E-state index in [9.17, 15) is 4.79 Å². The van der Waals surface area contributed by atoms with Crippen molar-refractivity contribution in [1.82, 2.24) is 15.3 Å². The number of aromatic nitrogens is 2. The van der Waals surface area contributed by atoms with Crippen molar-refractivity contribution in [3.05, 3.63) is 18.1 Å². The van der Waals surface area contributed by atoms with Gasteiger partial charge in [0.05, 0.1) is 12.4 Å². The maximum absolute atomic E-state index is 12.0. The minimum atomic E-state index is -0.199. The van der Waals surface area contributed by atoms with Gasteiger partial charge in [0.25, 0.3) is 5.91 Å². The number of carbonyl (C=O) groups excluding carboxylic acids is 1. The van der Waals surface area contributed by atoms with Gasteiger partial charge in [0.2, 0.25) is 0 Å². The number of nitrogens with one attached hydrogen (secondary N) is 2. The number of anilines is 1. The molecule has 18 heavy (non-hydrogen) atoms. The number of hydrogen-bond acceptors (Lipinski definition) is 5. The molecule has 0 atom stereocenters. The summed E-state index contributed by atoms with van der Waals surface area (Å²) in [6.45, 7) is 8.58. The van der Waals surface area contributed by atoms with Gasteiger partial charge in [0.1, 0.15) is 5.69 Å². The molecule has 1 heterocycles. The van der Waals surface area contributed by atoms with Crippen LogP contribution in [0.3, 0.4) is 0 Å². The molecule has 0 aromatic carbocycles. The van der Waals surface area contributed by atoms with Gasteiger partial charge < -0.3 is 10.7 Å². The van der Waals surface area contributed by atoms with E-state index in [1.54, 1.807) is 0 Å². The molecule has 0 radical (unpaired) electrons. The number of hydrazine groups is 1. The van der Waals surface area contributed by atoms with Gasteiger partial charge in [0.15, 0.2) is 5.82 Å². The molecule has 2 rings (SSSR count). The molecular formula is C12H19N5O. The topological polar surface area (TPSA) is 92.9 Å². The Morgan fingerprint density at radius 2 is 1.83 bits per heavy atom. The van der Waals surface area contributed by atoms with Crippen LogP contribution in [0.1, 0.15) is 38.2 Å². The second-order valence-corrected chi connectivity index (χ2v) is 5.78. The third kappa shape index (κ3) is 1.82.